The number of imidazole rings is 1. The smallest absolute Gasteiger partial charge is 0.251 e. The zero-order valence-electron chi connectivity index (χ0n) is 22.9. The summed E-state index contributed by atoms with van der Waals surface area (Å²) in [4.78, 5) is 31.8. The van der Waals surface area contributed by atoms with Crippen LogP contribution in [0, 0.1) is 5.82 Å². The minimum absolute atomic E-state index is 0.153. The lowest BCUT2D eigenvalue weighted by molar-refractivity contribution is 0.0950. The van der Waals surface area contributed by atoms with Gasteiger partial charge in [0.1, 0.15) is 16.8 Å². The van der Waals surface area contributed by atoms with Crippen LogP contribution in [0.25, 0.3) is 11.3 Å². The normalized spacial score (nSPS) is 14.5. The van der Waals surface area contributed by atoms with E-state index < -0.39 is 0 Å². The molecule has 0 fully saturated rings. The van der Waals surface area contributed by atoms with Gasteiger partial charge in [-0.05, 0) is 78.4 Å². The summed E-state index contributed by atoms with van der Waals surface area (Å²) in [5.74, 6) is 0.376. The number of pyridine rings is 2. The fraction of sp³-hybridized carbons (Fsp3) is 0.212. The largest absolute Gasteiger partial charge is 0.348 e. The van der Waals surface area contributed by atoms with E-state index in [0.29, 0.717) is 25.2 Å². The van der Waals surface area contributed by atoms with Crippen LogP contribution in [0.2, 0.25) is 5.15 Å². The first-order valence-corrected chi connectivity index (χ1v) is 14.4. The number of nitrogens with zero attached hydrogens (tertiary/aromatic N) is 4. The summed E-state index contributed by atoms with van der Waals surface area (Å²) >= 11 is 5.92. The van der Waals surface area contributed by atoms with E-state index in [2.05, 4.69) is 38.4 Å². The molecular formula is C33H30ClFN6O. The van der Waals surface area contributed by atoms with Crippen LogP contribution in [-0.4, -0.2) is 30.7 Å². The molecule has 0 aliphatic heterocycles. The lowest BCUT2D eigenvalue weighted by Gasteiger charge is -2.34. The number of carbonyl (C=O) groups is 1. The molecule has 3 aromatic heterocycles. The number of fused-ring (bicyclic) bond motifs is 1. The van der Waals surface area contributed by atoms with E-state index in [0.717, 1.165) is 53.2 Å². The molecule has 42 heavy (non-hydrogen) atoms. The topological polar surface area (TPSA) is 86.8 Å². The molecule has 1 atom stereocenters. The molecule has 1 amide bonds. The third-order valence-corrected chi connectivity index (χ3v) is 7.79. The number of hydrogen-bond acceptors (Lipinski definition) is 5. The van der Waals surface area contributed by atoms with Crippen molar-refractivity contribution >= 4 is 17.5 Å². The highest BCUT2D eigenvalue weighted by atomic mass is 35.5. The fourth-order valence-corrected chi connectivity index (χ4v) is 5.62. The Morgan fingerprint density at radius 3 is 2.62 bits per heavy atom. The van der Waals surface area contributed by atoms with Crippen molar-refractivity contribution in [3.63, 3.8) is 0 Å². The molecule has 9 heteroatoms. The second-order valence-corrected chi connectivity index (χ2v) is 10.9. The number of halogens is 2. The predicted molar refractivity (Wildman–Crippen MR) is 160 cm³/mol. The molecule has 2 aromatic carbocycles. The maximum absolute atomic E-state index is 13.4. The Kier molecular flexibility index (Phi) is 8.35. The van der Waals surface area contributed by atoms with E-state index >= 15 is 0 Å². The van der Waals surface area contributed by atoms with Gasteiger partial charge in [-0.15, -0.1) is 0 Å². The van der Waals surface area contributed by atoms with Crippen molar-refractivity contribution in [2.75, 3.05) is 0 Å². The van der Waals surface area contributed by atoms with E-state index in [1.807, 2.05) is 30.6 Å². The zero-order valence-corrected chi connectivity index (χ0v) is 23.7. The first-order valence-electron chi connectivity index (χ1n) is 14.0. The molecule has 2 N–H and O–H groups in total. The number of hydrogen-bond donors (Lipinski definition) is 2. The number of amides is 1. The molecular weight excluding hydrogens is 551 g/mol. The summed E-state index contributed by atoms with van der Waals surface area (Å²) in [6.45, 7) is 1.71. The summed E-state index contributed by atoms with van der Waals surface area (Å²) in [5, 5.41) is 3.23. The molecule has 7 nitrogen and oxygen atoms in total. The molecule has 0 radical (unpaired) electrons. The van der Waals surface area contributed by atoms with Gasteiger partial charge in [0.2, 0.25) is 0 Å². The standard InChI is InChI=1S/C33H30ClFN6O/c34-30-17-26(14-16-36-30)33(42)39-18-22-6-8-23(9-7-22)20-41(29-5-1-3-25-4-2-15-37-32(25)29)21-31-38-19-28(40-31)24-10-12-27(35)13-11-24/h2,4,6-17,19,29H,1,3,5,18,20-21H2,(H,38,40)(H,39,42). The van der Waals surface area contributed by atoms with Crippen molar-refractivity contribution in [3.05, 3.63) is 136 Å². The molecule has 1 unspecified atom stereocenters. The van der Waals surface area contributed by atoms with Crippen LogP contribution in [0.5, 0.6) is 0 Å². The van der Waals surface area contributed by atoms with Crippen molar-refractivity contribution < 1.29 is 9.18 Å². The van der Waals surface area contributed by atoms with Crippen LogP contribution in [-0.2, 0) is 26.1 Å². The van der Waals surface area contributed by atoms with Gasteiger partial charge < -0.3 is 10.3 Å². The van der Waals surface area contributed by atoms with Gasteiger partial charge in [-0.25, -0.2) is 14.4 Å². The molecule has 212 valence electrons. The van der Waals surface area contributed by atoms with Crippen LogP contribution >= 0.6 is 11.6 Å². The number of aromatic nitrogens is 4. The lowest BCUT2D eigenvalue weighted by Crippen LogP contribution is -2.31. The number of nitrogens with one attached hydrogen (secondary N) is 2. The van der Waals surface area contributed by atoms with Gasteiger partial charge in [0, 0.05) is 42.8 Å². The zero-order chi connectivity index (χ0) is 28.9. The van der Waals surface area contributed by atoms with Crippen LogP contribution in [0.1, 0.15) is 57.5 Å². The minimum atomic E-state index is -0.267. The molecule has 1 aliphatic carbocycles. The van der Waals surface area contributed by atoms with Gasteiger partial charge in [0.15, 0.2) is 0 Å². The minimum Gasteiger partial charge on any atom is -0.348 e. The van der Waals surface area contributed by atoms with E-state index in [9.17, 15) is 9.18 Å². The van der Waals surface area contributed by atoms with Crippen LogP contribution in [0.3, 0.4) is 0 Å². The van der Waals surface area contributed by atoms with Crippen LogP contribution in [0.4, 0.5) is 4.39 Å². The first-order chi connectivity index (χ1) is 20.5. The Bertz CT molecular complexity index is 1670. The average molecular weight is 581 g/mol. The molecule has 0 saturated carbocycles. The van der Waals surface area contributed by atoms with Crippen molar-refractivity contribution in [2.45, 2.75) is 44.9 Å². The van der Waals surface area contributed by atoms with Gasteiger partial charge in [-0.3, -0.25) is 14.7 Å². The van der Waals surface area contributed by atoms with Gasteiger partial charge in [-0.2, -0.15) is 0 Å². The van der Waals surface area contributed by atoms with Crippen molar-refractivity contribution in [1.82, 2.24) is 30.2 Å². The van der Waals surface area contributed by atoms with Crippen LogP contribution in [0.15, 0.2) is 91.4 Å². The first kappa shape index (κ1) is 27.8. The van der Waals surface area contributed by atoms with E-state index in [1.165, 1.54) is 23.9 Å². The fourth-order valence-electron chi connectivity index (χ4n) is 5.45. The lowest BCUT2D eigenvalue weighted by atomic mass is 9.90. The Morgan fingerprint density at radius 1 is 1.00 bits per heavy atom. The molecule has 0 saturated heterocycles. The van der Waals surface area contributed by atoms with Gasteiger partial charge in [0.05, 0.1) is 24.0 Å². The van der Waals surface area contributed by atoms with Crippen molar-refractivity contribution in [3.8, 4) is 11.3 Å². The molecule has 0 bridgehead atoms. The molecule has 3 heterocycles. The van der Waals surface area contributed by atoms with Gasteiger partial charge in [-0.1, -0.05) is 41.9 Å². The van der Waals surface area contributed by atoms with Crippen molar-refractivity contribution in [2.24, 2.45) is 0 Å². The third-order valence-electron chi connectivity index (χ3n) is 7.58. The Balaban J connectivity index is 1.19. The van der Waals surface area contributed by atoms with Crippen LogP contribution < -0.4 is 5.32 Å². The molecule has 6 rings (SSSR count). The summed E-state index contributed by atoms with van der Waals surface area (Å²) in [5.41, 5.74) is 6.70. The summed E-state index contributed by atoms with van der Waals surface area (Å²) < 4.78 is 13.4. The quantitative estimate of drug-likeness (QED) is 0.190. The average Bonchev–Trinajstić information content (AvgIpc) is 3.49. The summed E-state index contributed by atoms with van der Waals surface area (Å²) in [7, 11) is 0. The Morgan fingerprint density at radius 2 is 1.81 bits per heavy atom. The Hall–Kier alpha value is -4.40. The number of benzene rings is 2. The predicted octanol–water partition coefficient (Wildman–Crippen LogP) is 6.67. The Labute approximate surface area is 248 Å². The summed E-state index contributed by atoms with van der Waals surface area (Å²) in [6, 6.07) is 22.2. The highest BCUT2D eigenvalue weighted by Crippen LogP contribution is 2.34. The molecule has 0 spiro atoms. The van der Waals surface area contributed by atoms with Gasteiger partial charge in [0.25, 0.3) is 5.91 Å². The number of aromatic amines is 1. The highest BCUT2D eigenvalue weighted by Gasteiger charge is 2.28. The number of aryl methyl sites for hydroxylation is 1. The van der Waals surface area contributed by atoms with Crippen molar-refractivity contribution in [1.29, 1.82) is 0 Å². The second-order valence-electron chi connectivity index (χ2n) is 10.5. The molecule has 1 aliphatic rings. The highest BCUT2D eigenvalue weighted by molar-refractivity contribution is 6.29. The maximum atomic E-state index is 13.4. The summed E-state index contributed by atoms with van der Waals surface area (Å²) in [6.07, 6.45) is 8.41. The van der Waals surface area contributed by atoms with E-state index in [-0.39, 0.29) is 22.9 Å². The number of rotatable bonds is 9. The SMILES string of the molecule is O=C(NCc1ccc(CN(Cc2nc(-c3ccc(F)cc3)c[nH]2)C2CCCc3cccnc32)cc1)c1ccnc(Cl)c1. The third kappa shape index (κ3) is 6.56. The van der Waals surface area contributed by atoms with Gasteiger partial charge >= 0.3 is 0 Å². The van der Waals surface area contributed by atoms with E-state index in [1.54, 1.807) is 24.3 Å². The second kappa shape index (κ2) is 12.6. The molecule has 5 aromatic rings. The van der Waals surface area contributed by atoms with E-state index in [4.69, 9.17) is 21.6 Å². The number of carbonyl (C=O) groups excluding carboxylic acids is 1. The monoisotopic (exact) mass is 580 g/mol. The maximum Gasteiger partial charge on any atom is 0.251 e. The number of H-pyrrole nitrogens is 1.